The van der Waals surface area contributed by atoms with Crippen LogP contribution in [0.4, 0.5) is 11.1 Å². The highest BCUT2D eigenvalue weighted by Gasteiger charge is 2.09. The van der Waals surface area contributed by atoms with Crippen LogP contribution in [-0.4, -0.2) is 22.9 Å². The van der Waals surface area contributed by atoms with Crippen LogP contribution in [0.5, 0.6) is 0 Å². The number of aromatic nitrogens is 2. The number of carbonyl (C=O) groups is 1. The second-order valence-corrected chi connectivity index (χ2v) is 5.19. The first-order valence-corrected chi connectivity index (χ1v) is 6.79. The fourth-order valence-electron chi connectivity index (χ4n) is 1.80. The Morgan fingerprint density at radius 1 is 1.40 bits per heavy atom. The third kappa shape index (κ3) is 2.35. The predicted octanol–water partition coefficient (Wildman–Crippen LogP) is 2.95. The number of fused-ring (bicyclic) bond motifs is 1. The molecule has 0 fully saturated rings. The number of benzene rings is 1. The minimum atomic E-state index is -0.128. The smallest absolute Gasteiger partial charge is 0.295 e. The summed E-state index contributed by atoms with van der Waals surface area (Å²) in [7, 11) is 1.76. The van der Waals surface area contributed by atoms with Gasteiger partial charge in [-0.2, -0.15) is 4.98 Å². The van der Waals surface area contributed by atoms with Crippen molar-refractivity contribution in [1.82, 2.24) is 9.97 Å². The second-order valence-electron chi connectivity index (χ2n) is 4.16. The Morgan fingerprint density at radius 2 is 2.25 bits per heavy atom. The zero-order valence-electron chi connectivity index (χ0n) is 10.9. The van der Waals surface area contributed by atoms with Gasteiger partial charge in [0.1, 0.15) is 5.52 Å². The van der Waals surface area contributed by atoms with Crippen molar-refractivity contribution < 1.29 is 9.21 Å². The summed E-state index contributed by atoms with van der Waals surface area (Å²) >= 11 is 1.42. The summed E-state index contributed by atoms with van der Waals surface area (Å²) in [5, 5.41) is 6.12. The molecule has 2 N–H and O–H groups in total. The highest BCUT2D eigenvalue weighted by atomic mass is 32.1. The fourth-order valence-corrected chi connectivity index (χ4v) is 2.66. The Labute approximate surface area is 118 Å². The molecule has 0 atom stereocenters. The molecule has 2 heterocycles. The van der Waals surface area contributed by atoms with Gasteiger partial charge in [0.25, 0.3) is 6.01 Å². The molecule has 3 rings (SSSR count). The Morgan fingerprint density at radius 3 is 3.00 bits per heavy atom. The normalized spacial score (nSPS) is 10.7. The van der Waals surface area contributed by atoms with Gasteiger partial charge >= 0.3 is 0 Å². The second kappa shape index (κ2) is 4.93. The standard InChI is InChI=1S/C13H12N4O2S/c1-7(18)16-13-15-6-11(20-13)8-3-4-10-9(5-8)17-12(14-2)19-10/h3-6H,1-2H3,(H,14,17)(H,15,16,18). The van der Waals surface area contributed by atoms with Crippen LogP contribution < -0.4 is 10.6 Å². The van der Waals surface area contributed by atoms with Gasteiger partial charge in [-0.05, 0) is 23.8 Å². The molecule has 20 heavy (non-hydrogen) atoms. The van der Waals surface area contributed by atoms with Crippen molar-refractivity contribution in [2.24, 2.45) is 0 Å². The summed E-state index contributed by atoms with van der Waals surface area (Å²) < 4.78 is 5.47. The number of carbonyl (C=O) groups excluding carboxylic acids is 1. The van der Waals surface area contributed by atoms with Crippen LogP contribution >= 0.6 is 11.3 Å². The molecule has 102 valence electrons. The molecule has 0 aliphatic rings. The number of hydrogen-bond acceptors (Lipinski definition) is 6. The first kappa shape index (κ1) is 12.6. The Balaban J connectivity index is 1.96. The van der Waals surface area contributed by atoms with Gasteiger partial charge in [-0.3, -0.25) is 4.79 Å². The molecule has 0 saturated carbocycles. The largest absolute Gasteiger partial charge is 0.424 e. The Bertz CT molecular complexity index is 778. The van der Waals surface area contributed by atoms with E-state index < -0.39 is 0 Å². The van der Waals surface area contributed by atoms with Crippen LogP contribution in [0.15, 0.2) is 28.8 Å². The first-order valence-electron chi connectivity index (χ1n) is 5.98. The molecule has 0 radical (unpaired) electrons. The van der Waals surface area contributed by atoms with Crippen molar-refractivity contribution in [3.05, 3.63) is 24.4 Å². The van der Waals surface area contributed by atoms with Crippen molar-refractivity contribution in [2.75, 3.05) is 17.7 Å². The van der Waals surface area contributed by atoms with Crippen molar-refractivity contribution in [2.45, 2.75) is 6.92 Å². The van der Waals surface area contributed by atoms with E-state index in [9.17, 15) is 4.79 Å². The van der Waals surface area contributed by atoms with Crippen molar-refractivity contribution in [3.63, 3.8) is 0 Å². The van der Waals surface area contributed by atoms with Crippen LogP contribution in [0, 0.1) is 0 Å². The molecule has 2 aromatic heterocycles. The molecule has 1 aromatic carbocycles. The van der Waals surface area contributed by atoms with Gasteiger partial charge < -0.3 is 15.1 Å². The average molecular weight is 288 g/mol. The van der Waals surface area contributed by atoms with E-state index in [0.717, 1.165) is 21.5 Å². The summed E-state index contributed by atoms with van der Waals surface area (Å²) in [6, 6.07) is 6.24. The van der Waals surface area contributed by atoms with Crippen LogP contribution in [0.3, 0.4) is 0 Å². The van der Waals surface area contributed by atoms with E-state index >= 15 is 0 Å². The summed E-state index contributed by atoms with van der Waals surface area (Å²) in [6.07, 6.45) is 1.73. The fraction of sp³-hybridized carbons (Fsp3) is 0.154. The van der Waals surface area contributed by atoms with Crippen LogP contribution in [-0.2, 0) is 4.79 Å². The van der Waals surface area contributed by atoms with Gasteiger partial charge in [0, 0.05) is 20.2 Å². The first-order chi connectivity index (χ1) is 9.65. The molecule has 1 amide bonds. The summed E-state index contributed by atoms with van der Waals surface area (Å²) in [4.78, 5) is 20.4. The summed E-state index contributed by atoms with van der Waals surface area (Å²) in [5.74, 6) is -0.128. The lowest BCUT2D eigenvalue weighted by molar-refractivity contribution is -0.114. The molecule has 0 aliphatic heterocycles. The third-order valence-corrected chi connectivity index (χ3v) is 3.64. The molecule has 0 saturated heterocycles. The van der Waals surface area contributed by atoms with Crippen LogP contribution in [0.1, 0.15) is 6.92 Å². The topological polar surface area (TPSA) is 80.0 Å². The lowest BCUT2D eigenvalue weighted by atomic mass is 10.2. The molecule has 0 unspecified atom stereocenters. The molecule has 6 nitrogen and oxygen atoms in total. The van der Waals surface area contributed by atoms with Gasteiger partial charge in [0.05, 0.1) is 4.88 Å². The molecule has 7 heteroatoms. The van der Waals surface area contributed by atoms with E-state index in [1.54, 1.807) is 13.2 Å². The molecular weight excluding hydrogens is 276 g/mol. The Hall–Kier alpha value is -2.41. The zero-order chi connectivity index (χ0) is 14.1. The number of amides is 1. The van der Waals surface area contributed by atoms with Crippen LogP contribution in [0.2, 0.25) is 0 Å². The highest BCUT2D eigenvalue weighted by molar-refractivity contribution is 7.19. The molecule has 0 aliphatic carbocycles. The molecular formula is C13H12N4O2S. The number of thiazole rings is 1. The van der Waals surface area contributed by atoms with E-state index in [4.69, 9.17) is 4.42 Å². The monoisotopic (exact) mass is 288 g/mol. The number of nitrogens with zero attached hydrogens (tertiary/aromatic N) is 2. The maximum atomic E-state index is 11.0. The number of rotatable bonds is 3. The Kier molecular flexibility index (Phi) is 3.11. The molecule has 0 bridgehead atoms. The number of hydrogen-bond donors (Lipinski definition) is 2. The minimum Gasteiger partial charge on any atom is -0.424 e. The van der Waals surface area contributed by atoms with Crippen LogP contribution in [0.25, 0.3) is 21.5 Å². The maximum Gasteiger partial charge on any atom is 0.295 e. The van der Waals surface area contributed by atoms with E-state index in [2.05, 4.69) is 20.6 Å². The summed E-state index contributed by atoms with van der Waals surface area (Å²) in [6.45, 7) is 1.46. The van der Waals surface area contributed by atoms with Crippen molar-refractivity contribution in [1.29, 1.82) is 0 Å². The third-order valence-electron chi connectivity index (χ3n) is 2.67. The number of oxazole rings is 1. The molecule has 0 spiro atoms. The predicted molar refractivity (Wildman–Crippen MR) is 79.0 cm³/mol. The SMILES string of the molecule is CNc1nc2cc(-c3cnc(NC(C)=O)s3)ccc2o1. The van der Waals surface area contributed by atoms with E-state index in [-0.39, 0.29) is 5.91 Å². The van der Waals surface area contributed by atoms with Gasteiger partial charge in [-0.1, -0.05) is 11.3 Å². The number of anilines is 2. The van der Waals surface area contributed by atoms with E-state index in [0.29, 0.717) is 11.1 Å². The lowest BCUT2D eigenvalue weighted by Crippen LogP contribution is -2.04. The van der Waals surface area contributed by atoms with Crippen molar-refractivity contribution in [3.8, 4) is 10.4 Å². The minimum absolute atomic E-state index is 0.128. The van der Waals surface area contributed by atoms with Crippen molar-refractivity contribution >= 4 is 39.5 Å². The lowest BCUT2D eigenvalue weighted by Gasteiger charge is -1.95. The highest BCUT2D eigenvalue weighted by Crippen LogP contribution is 2.31. The summed E-state index contributed by atoms with van der Waals surface area (Å²) in [5.41, 5.74) is 2.49. The maximum absolute atomic E-state index is 11.0. The molecule has 3 aromatic rings. The average Bonchev–Trinajstić information content (AvgIpc) is 3.02. The zero-order valence-corrected chi connectivity index (χ0v) is 11.7. The van der Waals surface area contributed by atoms with Gasteiger partial charge in [-0.25, -0.2) is 4.98 Å². The van der Waals surface area contributed by atoms with E-state index in [1.807, 2.05) is 18.2 Å². The van der Waals surface area contributed by atoms with Gasteiger partial charge in [0.2, 0.25) is 5.91 Å². The quantitative estimate of drug-likeness (QED) is 0.774. The van der Waals surface area contributed by atoms with Gasteiger partial charge in [0.15, 0.2) is 10.7 Å². The van der Waals surface area contributed by atoms with E-state index in [1.165, 1.54) is 18.3 Å². The number of nitrogens with one attached hydrogen (secondary N) is 2. The van der Waals surface area contributed by atoms with Gasteiger partial charge in [-0.15, -0.1) is 0 Å².